The fourth-order valence-electron chi connectivity index (χ4n) is 5.66. The van der Waals surface area contributed by atoms with E-state index in [1.165, 1.54) is 11.3 Å². The Labute approximate surface area is 260 Å². The summed E-state index contributed by atoms with van der Waals surface area (Å²) in [5, 5.41) is 11.9. The summed E-state index contributed by atoms with van der Waals surface area (Å²) in [5.41, 5.74) is 1.60. The van der Waals surface area contributed by atoms with E-state index in [2.05, 4.69) is 4.98 Å². The lowest BCUT2D eigenvalue weighted by atomic mass is 9.84. The lowest BCUT2D eigenvalue weighted by Gasteiger charge is -2.32. The fourth-order valence-corrected chi connectivity index (χ4v) is 7.65. The maximum atomic E-state index is 14.7. The number of benzene rings is 3. The maximum Gasteiger partial charge on any atom is 0.255 e. The number of amides is 1. The van der Waals surface area contributed by atoms with Crippen molar-refractivity contribution in [3.63, 3.8) is 0 Å². The topological polar surface area (TPSA) is 118 Å². The van der Waals surface area contributed by atoms with E-state index in [4.69, 9.17) is 19.6 Å². The van der Waals surface area contributed by atoms with Gasteiger partial charge in [0.25, 0.3) is 5.91 Å². The van der Waals surface area contributed by atoms with Gasteiger partial charge in [-0.2, -0.15) is 0 Å². The molecule has 2 aliphatic heterocycles. The van der Waals surface area contributed by atoms with Gasteiger partial charge in [0.05, 0.1) is 34.5 Å². The third kappa shape index (κ3) is 5.99. The SMILES string of the molecule is Cc1nc(CN2Cc3ccccc3[C@H]3OC(c4ccc(OCCCO)cc4)=N[C@@]3(CCS(=O)(=O)c3ccccc3)C2=O)cs1. The van der Waals surface area contributed by atoms with Gasteiger partial charge in [0, 0.05) is 42.5 Å². The van der Waals surface area contributed by atoms with Gasteiger partial charge in [-0.1, -0.05) is 42.5 Å². The van der Waals surface area contributed by atoms with Crippen molar-refractivity contribution in [1.82, 2.24) is 9.88 Å². The second-order valence-corrected chi connectivity index (χ2v) is 14.1. The minimum atomic E-state index is -3.73. The molecule has 228 valence electrons. The molecule has 0 bridgehead atoms. The Kier molecular flexibility index (Phi) is 8.53. The zero-order valence-corrected chi connectivity index (χ0v) is 25.9. The molecule has 1 N–H and O–H groups in total. The number of ether oxygens (including phenoxy) is 2. The molecule has 0 saturated carbocycles. The van der Waals surface area contributed by atoms with E-state index in [0.717, 1.165) is 21.8 Å². The maximum absolute atomic E-state index is 14.7. The summed E-state index contributed by atoms with van der Waals surface area (Å²) in [4.78, 5) is 26.2. The summed E-state index contributed by atoms with van der Waals surface area (Å²) in [7, 11) is -3.73. The second-order valence-electron chi connectivity index (χ2n) is 10.9. The number of nitrogens with zero attached hydrogens (tertiary/aromatic N) is 3. The molecule has 0 unspecified atom stereocenters. The van der Waals surface area contributed by atoms with E-state index in [0.29, 0.717) is 30.9 Å². The van der Waals surface area contributed by atoms with E-state index in [1.54, 1.807) is 59.5 Å². The first-order valence-corrected chi connectivity index (χ1v) is 17.0. The third-order valence-electron chi connectivity index (χ3n) is 7.87. The molecule has 9 nitrogen and oxygen atoms in total. The molecular weight excluding hydrogens is 599 g/mol. The molecule has 0 aliphatic carbocycles. The normalized spacial score (nSPS) is 19.5. The molecule has 0 radical (unpaired) electrons. The number of thiazole rings is 1. The van der Waals surface area contributed by atoms with Crippen LogP contribution in [0, 0.1) is 6.92 Å². The van der Waals surface area contributed by atoms with E-state index < -0.39 is 21.5 Å². The highest BCUT2D eigenvalue weighted by molar-refractivity contribution is 7.91. The van der Waals surface area contributed by atoms with Crippen molar-refractivity contribution >= 4 is 33.0 Å². The van der Waals surface area contributed by atoms with Gasteiger partial charge < -0.3 is 19.5 Å². The molecule has 11 heteroatoms. The Morgan fingerprint density at radius 1 is 1.07 bits per heavy atom. The fraction of sp³-hybridized carbons (Fsp3) is 0.303. The first-order valence-electron chi connectivity index (χ1n) is 14.5. The second kappa shape index (κ2) is 12.5. The van der Waals surface area contributed by atoms with E-state index in [-0.39, 0.29) is 42.0 Å². The Balaban J connectivity index is 1.42. The summed E-state index contributed by atoms with van der Waals surface area (Å²) in [6.45, 7) is 2.93. The zero-order valence-electron chi connectivity index (χ0n) is 24.3. The molecule has 4 aromatic rings. The number of rotatable bonds is 11. The predicted octanol–water partition coefficient (Wildman–Crippen LogP) is 4.88. The molecular formula is C33H33N3O6S2. The summed E-state index contributed by atoms with van der Waals surface area (Å²) < 4.78 is 39.3. The molecule has 0 saturated heterocycles. The van der Waals surface area contributed by atoms with Crippen LogP contribution in [0.3, 0.4) is 0 Å². The molecule has 3 heterocycles. The number of aryl methyl sites for hydroxylation is 1. The smallest absolute Gasteiger partial charge is 0.255 e. The third-order valence-corrected chi connectivity index (χ3v) is 10.4. The van der Waals surface area contributed by atoms with Crippen molar-refractivity contribution in [2.24, 2.45) is 4.99 Å². The molecule has 0 fully saturated rings. The number of sulfone groups is 1. The number of aliphatic imine (C=N–C) groups is 1. The molecule has 44 heavy (non-hydrogen) atoms. The van der Waals surface area contributed by atoms with Crippen molar-refractivity contribution in [3.05, 3.63) is 112 Å². The molecule has 2 aliphatic rings. The number of carbonyl (C=O) groups is 1. The van der Waals surface area contributed by atoms with Gasteiger partial charge >= 0.3 is 0 Å². The van der Waals surface area contributed by atoms with E-state index in [1.807, 2.05) is 36.6 Å². The molecule has 1 aromatic heterocycles. The number of hydrogen-bond donors (Lipinski definition) is 1. The Hall–Kier alpha value is -4.06. The van der Waals surface area contributed by atoms with Crippen LogP contribution >= 0.6 is 11.3 Å². The summed E-state index contributed by atoms with van der Waals surface area (Å²) in [6, 6.07) is 23.2. The highest BCUT2D eigenvalue weighted by Crippen LogP contribution is 2.47. The van der Waals surface area contributed by atoms with Crippen LogP contribution in [0.1, 0.15) is 46.3 Å². The van der Waals surface area contributed by atoms with E-state index >= 15 is 0 Å². The van der Waals surface area contributed by atoms with Crippen LogP contribution in [0.2, 0.25) is 0 Å². The Bertz CT molecular complexity index is 1770. The number of carbonyl (C=O) groups excluding carboxylic acids is 1. The highest BCUT2D eigenvalue weighted by Gasteiger charge is 2.57. The standard InChI is InChI=1S/C33H33N3O6S2/c1-23-34-26(22-43-23)21-36-20-25-8-5-6-11-29(25)30-33(32(36)38,16-19-44(39,40)28-9-3-2-4-10-28)35-31(42-30)24-12-14-27(15-13-24)41-18-7-17-37/h2-6,8-15,22,30,37H,7,16-21H2,1H3/t30-,33-/m1/s1. The van der Waals surface area contributed by atoms with E-state index in [9.17, 15) is 13.2 Å². The monoisotopic (exact) mass is 631 g/mol. The van der Waals surface area contributed by atoms with Gasteiger partial charge in [0.2, 0.25) is 5.90 Å². The van der Waals surface area contributed by atoms with Crippen molar-refractivity contribution < 1.29 is 27.8 Å². The molecule has 3 aromatic carbocycles. The van der Waals surface area contributed by atoms with Crippen LogP contribution in [0.4, 0.5) is 0 Å². The average molecular weight is 632 g/mol. The van der Waals surface area contributed by atoms with Crippen molar-refractivity contribution in [2.75, 3.05) is 19.0 Å². The minimum Gasteiger partial charge on any atom is -0.494 e. The van der Waals surface area contributed by atoms with Crippen LogP contribution in [-0.4, -0.2) is 59.7 Å². The average Bonchev–Trinajstić information content (AvgIpc) is 3.62. The van der Waals surface area contributed by atoms with Crippen LogP contribution < -0.4 is 4.74 Å². The van der Waals surface area contributed by atoms with Gasteiger partial charge in [0.15, 0.2) is 21.5 Å². The summed E-state index contributed by atoms with van der Waals surface area (Å²) in [6.07, 6.45) is -0.373. The predicted molar refractivity (Wildman–Crippen MR) is 167 cm³/mol. The Morgan fingerprint density at radius 3 is 2.55 bits per heavy atom. The molecule has 6 rings (SSSR count). The first kappa shape index (κ1) is 30.0. The van der Waals surface area contributed by atoms with Crippen molar-refractivity contribution in [2.45, 2.75) is 49.4 Å². The number of hydrogen-bond acceptors (Lipinski definition) is 9. The quantitative estimate of drug-likeness (QED) is 0.235. The first-order chi connectivity index (χ1) is 21.3. The number of fused-ring (bicyclic) bond motifs is 3. The summed E-state index contributed by atoms with van der Waals surface area (Å²) >= 11 is 1.52. The number of aromatic nitrogens is 1. The number of aliphatic hydroxyl groups excluding tert-OH is 1. The van der Waals surface area contributed by atoms with Gasteiger partial charge in [-0.15, -0.1) is 11.3 Å². The largest absolute Gasteiger partial charge is 0.494 e. The number of aliphatic hydroxyl groups is 1. The lowest BCUT2D eigenvalue weighted by molar-refractivity contribution is -0.140. The molecule has 0 spiro atoms. The van der Waals surface area contributed by atoms with Crippen LogP contribution in [0.25, 0.3) is 0 Å². The van der Waals surface area contributed by atoms with Crippen molar-refractivity contribution in [1.29, 1.82) is 0 Å². The molecule has 2 atom stereocenters. The highest BCUT2D eigenvalue weighted by atomic mass is 32.2. The van der Waals surface area contributed by atoms with Crippen LogP contribution in [0.5, 0.6) is 5.75 Å². The minimum absolute atomic E-state index is 0.0425. The lowest BCUT2D eigenvalue weighted by Crippen LogP contribution is -2.49. The Morgan fingerprint density at radius 2 is 1.82 bits per heavy atom. The van der Waals surface area contributed by atoms with Gasteiger partial charge in [-0.3, -0.25) is 4.79 Å². The van der Waals surface area contributed by atoms with Crippen molar-refractivity contribution in [3.8, 4) is 5.75 Å². The van der Waals surface area contributed by atoms with Crippen LogP contribution in [-0.2, 0) is 32.5 Å². The van der Waals surface area contributed by atoms with Gasteiger partial charge in [-0.25, -0.2) is 18.4 Å². The van der Waals surface area contributed by atoms with Crippen LogP contribution in [0.15, 0.2) is 94.1 Å². The molecule has 1 amide bonds. The van der Waals surface area contributed by atoms with Gasteiger partial charge in [-0.05, 0) is 48.9 Å². The zero-order chi connectivity index (χ0) is 30.7. The summed E-state index contributed by atoms with van der Waals surface area (Å²) in [5.74, 6) is 0.308. The van der Waals surface area contributed by atoms with Gasteiger partial charge in [0.1, 0.15) is 5.75 Å².